The van der Waals surface area contributed by atoms with E-state index in [9.17, 15) is 26.7 Å². The minimum atomic E-state index is -4.55. The van der Waals surface area contributed by atoms with E-state index in [0.29, 0.717) is 33.7 Å². The van der Waals surface area contributed by atoms with Gasteiger partial charge >= 0.3 is 11.9 Å². The van der Waals surface area contributed by atoms with Gasteiger partial charge in [-0.1, -0.05) is 24.3 Å². The largest absolute Gasteiger partial charge is 0.434 e. The van der Waals surface area contributed by atoms with Crippen LogP contribution in [0.4, 0.5) is 27.8 Å². The molecular formula is C26H21F5N8O. The van der Waals surface area contributed by atoms with Crippen molar-refractivity contribution in [3.8, 4) is 22.8 Å². The Morgan fingerprint density at radius 2 is 1.73 bits per heavy atom. The monoisotopic (exact) mass is 556 g/mol. The summed E-state index contributed by atoms with van der Waals surface area (Å²) in [6, 6.07) is 10.0. The van der Waals surface area contributed by atoms with E-state index in [4.69, 9.17) is 0 Å². The minimum Gasteiger partial charge on any atom is -0.344 e. The van der Waals surface area contributed by atoms with Crippen LogP contribution in [0.5, 0.6) is 0 Å². The van der Waals surface area contributed by atoms with Crippen molar-refractivity contribution in [3.63, 3.8) is 0 Å². The number of alkyl halides is 5. The maximum absolute atomic E-state index is 13.5. The summed E-state index contributed by atoms with van der Waals surface area (Å²) in [6.45, 7) is -0.790. The number of imidazole rings is 2. The van der Waals surface area contributed by atoms with Crippen LogP contribution in [-0.2, 0) is 26.8 Å². The Morgan fingerprint density at radius 1 is 1.00 bits per heavy atom. The van der Waals surface area contributed by atoms with Gasteiger partial charge in [0.1, 0.15) is 17.2 Å². The zero-order valence-electron chi connectivity index (χ0n) is 21.2. The molecule has 0 unspecified atom stereocenters. The Hall–Kier alpha value is -4.62. The van der Waals surface area contributed by atoms with Crippen LogP contribution < -0.4 is 10.6 Å². The molecular weight excluding hydrogens is 535 g/mol. The summed E-state index contributed by atoms with van der Waals surface area (Å²) in [4.78, 5) is 31.5. The fourth-order valence-electron chi connectivity index (χ4n) is 4.75. The van der Waals surface area contributed by atoms with E-state index in [1.807, 2.05) is 0 Å². The SMILES string of the molecule is Cn1cc(C(F)(F)F)nc1-c1ccc(Cn2c(=O)n(C)c3cnc(-c4cccnc4N4CC(F)(F)C4)nc32)cc1. The van der Waals surface area contributed by atoms with Crippen molar-refractivity contribution in [1.29, 1.82) is 0 Å². The number of fused-ring (bicyclic) bond motifs is 1. The molecule has 0 amide bonds. The normalized spacial score (nSPS) is 15.0. The van der Waals surface area contributed by atoms with Crippen LogP contribution in [0.15, 0.2) is 59.8 Å². The van der Waals surface area contributed by atoms with Crippen molar-refractivity contribution >= 4 is 17.0 Å². The standard InChI is InChI=1S/C26H21F5N8O/c1-36-12-19(26(29,30)31)34-21(36)16-7-5-15(6-8-16)11-39-23-18(37(2)24(39)40)10-33-20(35-23)17-4-3-9-32-22(17)38-13-25(27,28)14-38/h3-10,12H,11,13-14H2,1-2H3. The molecule has 1 fully saturated rings. The number of hydrogen-bond donors (Lipinski definition) is 0. The van der Waals surface area contributed by atoms with E-state index < -0.39 is 30.9 Å². The number of aromatic nitrogens is 7. The van der Waals surface area contributed by atoms with E-state index in [1.54, 1.807) is 43.4 Å². The zero-order chi connectivity index (χ0) is 28.4. The van der Waals surface area contributed by atoms with Crippen molar-refractivity contribution in [2.45, 2.75) is 18.6 Å². The number of nitrogens with zero attached hydrogens (tertiary/aromatic N) is 8. The van der Waals surface area contributed by atoms with Gasteiger partial charge in [0.2, 0.25) is 0 Å². The molecule has 0 saturated carbocycles. The van der Waals surface area contributed by atoms with Crippen LogP contribution in [0.1, 0.15) is 11.3 Å². The predicted molar refractivity (Wildman–Crippen MR) is 136 cm³/mol. The summed E-state index contributed by atoms with van der Waals surface area (Å²) in [5, 5.41) is 0. The van der Waals surface area contributed by atoms with Gasteiger partial charge in [0.05, 0.1) is 31.4 Å². The highest BCUT2D eigenvalue weighted by Gasteiger charge is 2.45. The molecule has 0 radical (unpaired) electrons. The molecule has 206 valence electrons. The summed E-state index contributed by atoms with van der Waals surface area (Å²) < 4.78 is 70.4. The molecule has 5 aromatic rings. The molecule has 1 aliphatic heterocycles. The minimum absolute atomic E-state index is 0.125. The van der Waals surface area contributed by atoms with Gasteiger partial charge in [-0.15, -0.1) is 0 Å². The highest BCUT2D eigenvalue weighted by Crippen LogP contribution is 2.36. The van der Waals surface area contributed by atoms with Gasteiger partial charge in [0, 0.05) is 32.1 Å². The Bertz CT molecular complexity index is 1790. The first-order valence-electron chi connectivity index (χ1n) is 12.1. The quantitative estimate of drug-likeness (QED) is 0.303. The second-order valence-electron chi connectivity index (χ2n) is 9.67. The first-order valence-corrected chi connectivity index (χ1v) is 12.1. The van der Waals surface area contributed by atoms with Gasteiger partial charge < -0.3 is 9.47 Å². The molecule has 0 aliphatic carbocycles. The van der Waals surface area contributed by atoms with Gasteiger partial charge in [-0.05, 0) is 17.7 Å². The van der Waals surface area contributed by atoms with Gasteiger partial charge in [0.25, 0.3) is 5.92 Å². The van der Waals surface area contributed by atoms with Crippen LogP contribution in [-0.4, -0.2) is 52.6 Å². The molecule has 1 saturated heterocycles. The number of hydrogen-bond acceptors (Lipinski definition) is 6. The van der Waals surface area contributed by atoms with Gasteiger partial charge in [0.15, 0.2) is 17.2 Å². The molecule has 0 spiro atoms. The molecule has 9 nitrogen and oxygen atoms in total. The van der Waals surface area contributed by atoms with Crippen LogP contribution in [0, 0.1) is 0 Å². The van der Waals surface area contributed by atoms with E-state index in [0.717, 1.165) is 6.20 Å². The van der Waals surface area contributed by atoms with Crippen LogP contribution in [0.2, 0.25) is 0 Å². The third-order valence-corrected chi connectivity index (χ3v) is 6.78. The number of benzene rings is 1. The van der Waals surface area contributed by atoms with Crippen LogP contribution in [0.25, 0.3) is 33.9 Å². The summed E-state index contributed by atoms with van der Waals surface area (Å²) in [6.07, 6.45) is -0.620. The number of anilines is 1. The first-order chi connectivity index (χ1) is 18.9. The molecule has 1 aromatic carbocycles. The Kier molecular flexibility index (Phi) is 5.75. The lowest BCUT2D eigenvalue weighted by Gasteiger charge is -2.40. The average molecular weight is 556 g/mol. The maximum Gasteiger partial charge on any atom is 0.434 e. The zero-order valence-corrected chi connectivity index (χ0v) is 21.2. The Balaban J connectivity index is 1.34. The van der Waals surface area contributed by atoms with Crippen LogP contribution in [0.3, 0.4) is 0 Å². The molecule has 0 N–H and O–H groups in total. The van der Waals surface area contributed by atoms with Crippen molar-refractivity contribution in [3.05, 3.63) is 76.7 Å². The van der Waals surface area contributed by atoms with E-state index in [-0.39, 0.29) is 23.9 Å². The predicted octanol–water partition coefficient (Wildman–Crippen LogP) is 4.11. The lowest BCUT2D eigenvalue weighted by Crippen LogP contribution is -2.56. The van der Waals surface area contributed by atoms with Gasteiger partial charge in [-0.25, -0.2) is 33.5 Å². The number of halogens is 5. The summed E-state index contributed by atoms with van der Waals surface area (Å²) in [5.41, 5.74) is 1.12. The molecule has 14 heteroatoms. The van der Waals surface area contributed by atoms with E-state index in [2.05, 4.69) is 19.9 Å². The van der Waals surface area contributed by atoms with Gasteiger partial charge in [-0.2, -0.15) is 13.2 Å². The molecule has 1 aliphatic rings. The van der Waals surface area contributed by atoms with Crippen molar-refractivity contribution in [2.24, 2.45) is 14.1 Å². The molecule has 5 heterocycles. The summed E-state index contributed by atoms with van der Waals surface area (Å²) in [5.74, 6) is -2.07. The lowest BCUT2D eigenvalue weighted by atomic mass is 10.1. The average Bonchev–Trinajstić information content (AvgIpc) is 3.41. The molecule has 40 heavy (non-hydrogen) atoms. The number of aryl methyl sites for hydroxylation is 2. The highest BCUT2D eigenvalue weighted by molar-refractivity contribution is 5.77. The van der Waals surface area contributed by atoms with Crippen molar-refractivity contribution < 1.29 is 22.0 Å². The fraction of sp³-hybridized carbons (Fsp3) is 0.269. The fourth-order valence-corrected chi connectivity index (χ4v) is 4.75. The molecule has 6 rings (SSSR count). The third kappa shape index (κ3) is 4.38. The third-order valence-electron chi connectivity index (χ3n) is 6.78. The van der Waals surface area contributed by atoms with Gasteiger partial charge in [-0.3, -0.25) is 9.13 Å². The highest BCUT2D eigenvalue weighted by atomic mass is 19.4. The second-order valence-corrected chi connectivity index (χ2v) is 9.67. The van der Waals surface area contributed by atoms with E-state index >= 15 is 0 Å². The summed E-state index contributed by atoms with van der Waals surface area (Å²) >= 11 is 0. The Labute approximate surface area is 223 Å². The number of pyridine rings is 1. The van der Waals surface area contributed by atoms with E-state index in [1.165, 1.54) is 38.0 Å². The smallest absolute Gasteiger partial charge is 0.344 e. The maximum atomic E-state index is 13.5. The topological polar surface area (TPSA) is 86.7 Å². The van der Waals surface area contributed by atoms with Crippen molar-refractivity contribution in [1.82, 2.24) is 33.6 Å². The molecule has 4 aromatic heterocycles. The molecule has 0 bridgehead atoms. The second kappa shape index (κ2) is 8.96. The lowest BCUT2D eigenvalue weighted by molar-refractivity contribution is -0.140. The molecule has 0 atom stereocenters. The summed E-state index contributed by atoms with van der Waals surface area (Å²) in [7, 11) is 3.07. The first kappa shape index (κ1) is 25.6. The Morgan fingerprint density at radius 3 is 2.38 bits per heavy atom. The van der Waals surface area contributed by atoms with Crippen LogP contribution >= 0.6 is 0 Å². The number of rotatable bonds is 5. The van der Waals surface area contributed by atoms with Crippen molar-refractivity contribution in [2.75, 3.05) is 18.0 Å².